The Kier molecular flexibility index (Phi) is 16.0. The molecule has 0 heterocycles. The van der Waals surface area contributed by atoms with E-state index in [0.29, 0.717) is 12.8 Å². The van der Waals surface area contributed by atoms with Crippen molar-refractivity contribution >= 4 is 11.8 Å². The Morgan fingerprint density at radius 2 is 1.36 bits per heavy atom. The third-order valence-corrected chi connectivity index (χ3v) is 3.79. The molecular weight excluding hydrogens is 316 g/mol. The van der Waals surface area contributed by atoms with Crippen LogP contribution in [-0.2, 0) is 14.3 Å². The van der Waals surface area contributed by atoms with E-state index in [1.165, 1.54) is 20.0 Å². The number of ether oxygens (including phenoxy) is 1. The van der Waals surface area contributed by atoms with Gasteiger partial charge in [-0.1, -0.05) is 68.9 Å². The van der Waals surface area contributed by atoms with Crippen molar-refractivity contribution in [3.05, 3.63) is 36.5 Å². The normalized spacial score (nSPS) is 13.1. The van der Waals surface area contributed by atoms with Crippen LogP contribution < -0.4 is 0 Å². The van der Waals surface area contributed by atoms with Crippen LogP contribution in [0.5, 0.6) is 0 Å². The second kappa shape index (κ2) is 17.2. The van der Waals surface area contributed by atoms with E-state index in [9.17, 15) is 9.59 Å². The van der Waals surface area contributed by atoms with Crippen LogP contribution in [0.3, 0.4) is 0 Å². The minimum Gasteiger partial charge on any atom is -0.469 e. The zero-order chi connectivity index (χ0) is 18.8. The molecule has 0 amide bonds. The van der Waals surface area contributed by atoms with Crippen molar-refractivity contribution in [2.24, 2.45) is 0 Å². The van der Waals surface area contributed by atoms with Gasteiger partial charge >= 0.3 is 5.97 Å². The highest BCUT2D eigenvalue weighted by atomic mass is 16.5. The van der Waals surface area contributed by atoms with Crippen LogP contribution >= 0.6 is 0 Å². The van der Waals surface area contributed by atoms with E-state index < -0.39 is 6.10 Å². The molecule has 0 fully saturated rings. The SMILES string of the molecule is COC(=O)CCCCCCCCCCC(=O)C=CC=CC=CC(C)O. The van der Waals surface area contributed by atoms with Gasteiger partial charge in [0.15, 0.2) is 5.78 Å². The fourth-order valence-corrected chi connectivity index (χ4v) is 2.33. The van der Waals surface area contributed by atoms with Crippen molar-refractivity contribution in [1.29, 1.82) is 0 Å². The lowest BCUT2D eigenvalue weighted by atomic mass is 10.1. The first-order valence-corrected chi connectivity index (χ1v) is 9.35. The van der Waals surface area contributed by atoms with Crippen molar-refractivity contribution in [1.82, 2.24) is 0 Å². The number of carbonyl (C=O) groups is 2. The lowest BCUT2D eigenvalue weighted by Gasteiger charge is -2.02. The van der Waals surface area contributed by atoms with Gasteiger partial charge in [0.25, 0.3) is 0 Å². The van der Waals surface area contributed by atoms with Crippen molar-refractivity contribution in [3.8, 4) is 0 Å². The molecule has 1 unspecified atom stereocenters. The summed E-state index contributed by atoms with van der Waals surface area (Å²) in [5, 5.41) is 9.03. The first kappa shape index (κ1) is 23.3. The summed E-state index contributed by atoms with van der Waals surface area (Å²) in [6, 6.07) is 0. The monoisotopic (exact) mass is 350 g/mol. The Balaban J connectivity index is 3.44. The fourth-order valence-electron chi connectivity index (χ4n) is 2.33. The van der Waals surface area contributed by atoms with Crippen LogP contribution in [0, 0.1) is 0 Å². The summed E-state index contributed by atoms with van der Waals surface area (Å²) in [7, 11) is 1.43. The molecule has 0 aliphatic rings. The number of methoxy groups -OCH3 is 1. The summed E-state index contributed by atoms with van der Waals surface area (Å²) < 4.78 is 4.60. The van der Waals surface area contributed by atoms with Crippen LogP contribution in [0.4, 0.5) is 0 Å². The van der Waals surface area contributed by atoms with Crippen LogP contribution in [0.2, 0.25) is 0 Å². The highest BCUT2D eigenvalue weighted by Crippen LogP contribution is 2.11. The standard InChI is InChI=1S/C21H34O4/c1-19(22)15-11-9-10-13-17-20(23)16-12-7-5-3-4-6-8-14-18-21(24)25-2/h9-11,13,15,17,19,22H,3-8,12,14,16,18H2,1-2H3. The number of rotatable bonds is 15. The molecule has 0 aromatic carbocycles. The van der Waals surface area contributed by atoms with Gasteiger partial charge in [0, 0.05) is 12.8 Å². The molecule has 0 aromatic rings. The molecule has 142 valence electrons. The molecule has 0 spiro atoms. The molecule has 1 atom stereocenters. The Hall–Kier alpha value is -1.68. The van der Waals surface area contributed by atoms with Crippen LogP contribution in [0.25, 0.3) is 0 Å². The van der Waals surface area contributed by atoms with Gasteiger partial charge < -0.3 is 9.84 Å². The number of aliphatic hydroxyl groups excluding tert-OH is 1. The highest BCUT2D eigenvalue weighted by molar-refractivity contribution is 5.89. The van der Waals surface area contributed by atoms with Crippen molar-refractivity contribution in [2.45, 2.75) is 77.2 Å². The van der Waals surface area contributed by atoms with Crippen molar-refractivity contribution in [2.75, 3.05) is 7.11 Å². The maximum atomic E-state index is 11.7. The van der Waals surface area contributed by atoms with Crippen LogP contribution in [0.15, 0.2) is 36.5 Å². The summed E-state index contributed by atoms with van der Waals surface area (Å²) in [6.45, 7) is 1.69. The van der Waals surface area contributed by atoms with Gasteiger partial charge in [0.1, 0.15) is 0 Å². The van der Waals surface area contributed by atoms with E-state index in [4.69, 9.17) is 5.11 Å². The molecule has 0 saturated heterocycles. The zero-order valence-corrected chi connectivity index (χ0v) is 15.8. The number of esters is 1. The Bertz CT molecular complexity index is 433. The average Bonchev–Trinajstić information content (AvgIpc) is 2.59. The second-order valence-electron chi connectivity index (χ2n) is 6.24. The zero-order valence-electron chi connectivity index (χ0n) is 15.8. The number of ketones is 1. The van der Waals surface area contributed by atoms with Gasteiger partial charge in [-0.3, -0.25) is 9.59 Å². The quantitative estimate of drug-likeness (QED) is 0.202. The van der Waals surface area contributed by atoms with Gasteiger partial charge in [0.05, 0.1) is 13.2 Å². The summed E-state index contributed by atoms with van der Waals surface area (Å²) in [5.41, 5.74) is 0. The first-order chi connectivity index (χ1) is 12.1. The molecule has 0 aliphatic heterocycles. The van der Waals surface area contributed by atoms with Crippen LogP contribution in [-0.4, -0.2) is 30.1 Å². The van der Waals surface area contributed by atoms with Gasteiger partial charge in [-0.05, 0) is 25.8 Å². The summed E-state index contributed by atoms with van der Waals surface area (Å²) in [6.07, 6.45) is 19.8. The third-order valence-electron chi connectivity index (χ3n) is 3.79. The van der Waals surface area contributed by atoms with E-state index in [-0.39, 0.29) is 11.8 Å². The number of carbonyl (C=O) groups excluding carboxylic acids is 2. The molecule has 0 saturated carbocycles. The molecule has 0 radical (unpaired) electrons. The van der Waals surface area contributed by atoms with Crippen LogP contribution in [0.1, 0.15) is 71.1 Å². The topological polar surface area (TPSA) is 63.6 Å². The molecule has 0 aromatic heterocycles. The van der Waals surface area contributed by atoms with E-state index in [1.54, 1.807) is 43.4 Å². The predicted molar refractivity (Wildman–Crippen MR) is 102 cm³/mol. The smallest absolute Gasteiger partial charge is 0.305 e. The van der Waals surface area contributed by atoms with Gasteiger partial charge in [0.2, 0.25) is 0 Å². The molecule has 0 rings (SSSR count). The number of hydrogen-bond acceptors (Lipinski definition) is 4. The summed E-state index contributed by atoms with van der Waals surface area (Å²) >= 11 is 0. The molecule has 25 heavy (non-hydrogen) atoms. The predicted octanol–water partition coefficient (Wildman–Crippen LogP) is 4.68. The first-order valence-electron chi connectivity index (χ1n) is 9.35. The van der Waals surface area contributed by atoms with Gasteiger partial charge in [-0.15, -0.1) is 0 Å². The maximum absolute atomic E-state index is 11.7. The highest BCUT2D eigenvalue weighted by Gasteiger charge is 1.99. The van der Waals surface area contributed by atoms with E-state index in [0.717, 1.165) is 38.5 Å². The lowest BCUT2D eigenvalue weighted by Crippen LogP contribution is -1.99. The van der Waals surface area contributed by atoms with Gasteiger partial charge in [-0.2, -0.15) is 0 Å². The Morgan fingerprint density at radius 3 is 1.92 bits per heavy atom. The Labute approximate surface area is 152 Å². The summed E-state index contributed by atoms with van der Waals surface area (Å²) in [4.78, 5) is 22.6. The largest absolute Gasteiger partial charge is 0.469 e. The molecular formula is C21H34O4. The lowest BCUT2D eigenvalue weighted by molar-refractivity contribution is -0.140. The number of hydrogen-bond donors (Lipinski definition) is 1. The minimum atomic E-state index is -0.449. The Morgan fingerprint density at radius 1 is 0.840 bits per heavy atom. The molecule has 4 nitrogen and oxygen atoms in total. The number of allylic oxidation sites excluding steroid dienone is 5. The second-order valence-corrected chi connectivity index (χ2v) is 6.24. The van der Waals surface area contributed by atoms with E-state index >= 15 is 0 Å². The summed E-state index contributed by atoms with van der Waals surface area (Å²) in [5.74, 6) is 0.0393. The number of unbranched alkanes of at least 4 members (excludes halogenated alkanes) is 7. The van der Waals surface area contributed by atoms with E-state index in [2.05, 4.69) is 4.74 Å². The molecule has 0 bridgehead atoms. The van der Waals surface area contributed by atoms with Crippen molar-refractivity contribution < 1.29 is 19.4 Å². The van der Waals surface area contributed by atoms with Gasteiger partial charge in [-0.25, -0.2) is 0 Å². The number of aliphatic hydroxyl groups is 1. The average molecular weight is 350 g/mol. The maximum Gasteiger partial charge on any atom is 0.305 e. The molecule has 1 N–H and O–H groups in total. The molecule has 4 heteroatoms. The fraction of sp³-hybridized carbons (Fsp3) is 0.619. The van der Waals surface area contributed by atoms with Crippen molar-refractivity contribution in [3.63, 3.8) is 0 Å². The minimum absolute atomic E-state index is 0.120. The third kappa shape index (κ3) is 18.5. The van der Waals surface area contributed by atoms with E-state index in [1.807, 2.05) is 0 Å². The molecule has 0 aliphatic carbocycles.